The van der Waals surface area contributed by atoms with Crippen LogP contribution in [-0.2, 0) is 27.7 Å². The zero-order valence-corrected chi connectivity index (χ0v) is 37.1. The first-order valence-electron chi connectivity index (χ1n) is 18.7. The largest absolute Gasteiger partial charge is 1.00 e. The molecule has 2 aromatic rings. The van der Waals surface area contributed by atoms with Crippen molar-refractivity contribution in [2.45, 2.75) is 119 Å². The molecule has 50 heavy (non-hydrogen) atoms. The van der Waals surface area contributed by atoms with E-state index in [0.29, 0.717) is 5.92 Å². The Bertz CT molecular complexity index is 1920. The van der Waals surface area contributed by atoms with Gasteiger partial charge in [0.25, 0.3) is 0 Å². The maximum atomic E-state index is 2.84. The van der Waals surface area contributed by atoms with Crippen LogP contribution in [0.3, 0.4) is 0 Å². The number of halogens is 2. The van der Waals surface area contributed by atoms with Crippen molar-refractivity contribution in [3.63, 3.8) is 0 Å². The van der Waals surface area contributed by atoms with E-state index in [1.807, 2.05) is 8.85 Å². The van der Waals surface area contributed by atoms with Crippen molar-refractivity contribution >= 4 is 8.78 Å². The molecule has 2 aromatic carbocycles. The predicted octanol–water partition coefficient (Wildman–Crippen LogP) is 7.07. The average molecular weight is 787 g/mol. The Kier molecular flexibility index (Phi) is 10.2. The van der Waals surface area contributed by atoms with Crippen LogP contribution in [0.4, 0.5) is 0 Å². The maximum Gasteiger partial charge on any atom is -1.00 e. The molecule has 0 aromatic heterocycles. The van der Waals surface area contributed by atoms with E-state index in [0.717, 1.165) is 12.8 Å². The minimum Gasteiger partial charge on any atom is -1.00 e. The number of hydrogen-bond donors (Lipinski definition) is 0. The van der Waals surface area contributed by atoms with E-state index in [4.69, 9.17) is 0 Å². The normalized spacial score (nSPS) is 28.9. The summed E-state index contributed by atoms with van der Waals surface area (Å²) in [5, 5.41) is 0. The van der Waals surface area contributed by atoms with Crippen molar-refractivity contribution < 1.29 is 46.1 Å². The fourth-order valence-electron chi connectivity index (χ4n) is 11.6. The Morgan fingerprint density at radius 1 is 0.780 bits per heavy atom. The van der Waals surface area contributed by atoms with Crippen LogP contribution in [0.5, 0.6) is 0 Å². The van der Waals surface area contributed by atoms with Gasteiger partial charge in [-0.05, 0) is 0 Å². The van der Waals surface area contributed by atoms with E-state index in [9.17, 15) is 0 Å². The van der Waals surface area contributed by atoms with Crippen molar-refractivity contribution in [2.75, 3.05) is 0 Å². The van der Waals surface area contributed by atoms with Gasteiger partial charge in [0, 0.05) is 0 Å². The van der Waals surface area contributed by atoms with Gasteiger partial charge in [-0.25, -0.2) is 0 Å². The second kappa shape index (κ2) is 12.8. The molecule has 1 fully saturated rings. The van der Waals surface area contributed by atoms with Gasteiger partial charge in [0.15, 0.2) is 0 Å². The van der Waals surface area contributed by atoms with E-state index >= 15 is 0 Å². The third-order valence-electron chi connectivity index (χ3n) is 15.8. The van der Waals surface area contributed by atoms with E-state index in [2.05, 4.69) is 163 Å². The van der Waals surface area contributed by atoms with Gasteiger partial charge in [-0.15, -0.1) is 0 Å². The molecule has 0 saturated heterocycles. The summed E-state index contributed by atoms with van der Waals surface area (Å²) in [6.45, 7) is 34.1. The Morgan fingerprint density at radius 3 is 2.02 bits per heavy atom. The number of allylic oxidation sites excluding steroid dienone is 10. The van der Waals surface area contributed by atoms with Crippen LogP contribution >= 0.6 is 0 Å². The third kappa shape index (κ3) is 5.01. The summed E-state index contributed by atoms with van der Waals surface area (Å²) in [5.74, 6) is 0.524. The quantitative estimate of drug-likeness (QED) is 0.313. The molecule has 0 heterocycles. The molecule has 0 amide bonds. The molecule has 0 bridgehead atoms. The molecule has 5 aliphatic rings. The Labute approximate surface area is 325 Å². The topological polar surface area (TPSA) is 0 Å². The van der Waals surface area contributed by atoms with Crippen molar-refractivity contribution in [1.29, 1.82) is 0 Å². The summed E-state index contributed by atoms with van der Waals surface area (Å²) in [6, 6.07) is 21.0. The zero-order chi connectivity index (χ0) is 34.8. The van der Waals surface area contributed by atoms with E-state index in [1.54, 1.807) is 31.1 Å². The monoisotopic (exact) mass is 784 g/mol. The van der Waals surface area contributed by atoms with E-state index in [-0.39, 0.29) is 55.0 Å². The summed E-state index contributed by atoms with van der Waals surface area (Å²) < 4.78 is 3.63. The SMILES string of the molecule is CC1=[C]([Zr+2](=[C](C)c2ccccc2)[C]2(C)C3=C4Cc5ccccc5C4=C4C=CCCC4C3(C)C(C)(C)C(C)(C)C2(C)C)CC(C(C)(C)C)=C1.[Cl-].[Cl-]. The van der Waals surface area contributed by atoms with Crippen molar-refractivity contribution in [3.8, 4) is 0 Å². The van der Waals surface area contributed by atoms with Gasteiger partial charge in [-0.3, -0.25) is 0 Å². The molecule has 3 heteroatoms. The molecular weight excluding hydrogens is 727 g/mol. The molecule has 5 aliphatic carbocycles. The summed E-state index contributed by atoms with van der Waals surface area (Å²) >= 11 is -2.84. The van der Waals surface area contributed by atoms with Gasteiger partial charge in [0.1, 0.15) is 0 Å². The predicted molar refractivity (Wildman–Crippen MR) is 205 cm³/mol. The average Bonchev–Trinajstić information content (AvgIpc) is 3.61. The molecule has 3 atom stereocenters. The van der Waals surface area contributed by atoms with Crippen molar-refractivity contribution in [3.05, 3.63) is 121 Å². The van der Waals surface area contributed by atoms with Crippen LogP contribution in [0.1, 0.15) is 126 Å². The first-order chi connectivity index (χ1) is 22.3. The first kappa shape index (κ1) is 39.7. The smallest absolute Gasteiger partial charge is 1.00 e. The van der Waals surface area contributed by atoms with Gasteiger partial charge in [0.05, 0.1) is 0 Å². The molecular formula is C47H60Cl2Zr. The second-order valence-corrected chi connectivity index (χ2v) is 26.5. The van der Waals surface area contributed by atoms with Gasteiger partial charge in [-0.2, -0.15) is 0 Å². The fourth-order valence-corrected chi connectivity index (χ4v) is 23.1. The Hall–Kier alpha value is -1.53. The van der Waals surface area contributed by atoms with Gasteiger partial charge < -0.3 is 24.8 Å². The molecule has 0 spiro atoms. The Balaban J connectivity index is 0.00000243. The number of rotatable bonds is 3. The first-order valence-corrected chi connectivity index (χ1v) is 22.4. The summed E-state index contributed by atoms with van der Waals surface area (Å²) in [7, 11) is 0. The standard InChI is InChI=1S/C29H37.C10H15.C8H8.2ClH.Zr/c1-18-25-22-17-19-13-9-10-14-20(19)24(22)21-15-11-12-16-23(21)29(25,8)28(6,7)27(4,5)26(18,2)3;1-8-5-6-9(7-8)10(2,3)4;1-2-8-6-4-3-5-7-8;;;/h9-11,13-15,23H,12,16-17H2,1-8H3;7H,6H2,1-4H3;3-7H,1H3;2*1H;/q;;;;;+2/p-2. The van der Waals surface area contributed by atoms with E-state index < -0.39 is 21.3 Å². The minimum absolute atomic E-state index is 0. The van der Waals surface area contributed by atoms with Crippen LogP contribution in [0.25, 0.3) is 5.57 Å². The Morgan fingerprint density at radius 2 is 1.40 bits per heavy atom. The zero-order valence-electron chi connectivity index (χ0n) is 33.1. The van der Waals surface area contributed by atoms with Gasteiger partial charge >= 0.3 is 303 Å². The summed E-state index contributed by atoms with van der Waals surface area (Å²) in [4.78, 5) is 0. The molecule has 1 saturated carbocycles. The van der Waals surface area contributed by atoms with Crippen LogP contribution in [0, 0.1) is 33.0 Å². The van der Waals surface area contributed by atoms with Crippen LogP contribution in [0.15, 0.2) is 104 Å². The third-order valence-corrected chi connectivity index (χ3v) is 25.9. The van der Waals surface area contributed by atoms with Crippen molar-refractivity contribution in [1.82, 2.24) is 0 Å². The molecule has 0 radical (unpaired) electrons. The van der Waals surface area contributed by atoms with Gasteiger partial charge in [-0.1, -0.05) is 0 Å². The molecule has 0 aliphatic heterocycles. The second-order valence-electron chi connectivity index (χ2n) is 18.9. The molecule has 0 N–H and O–H groups in total. The van der Waals surface area contributed by atoms with Crippen LogP contribution in [0.2, 0.25) is 3.12 Å². The number of hydrogen-bond acceptors (Lipinski definition) is 0. The van der Waals surface area contributed by atoms with Crippen molar-refractivity contribution in [2.24, 2.45) is 33.0 Å². The molecule has 3 unspecified atom stereocenters. The maximum absolute atomic E-state index is 2.84. The van der Waals surface area contributed by atoms with E-state index in [1.165, 1.54) is 29.5 Å². The fraction of sp³-hybridized carbons (Fsp3) is 0.511. The number of fused-ring (bicyclic) bond motifs is 6. The van der Waals surface area contributed by atoms with Crippen LogP contribution in [-0.4, -0.2) is 3.21 Å². The molecule has 0 nitrogen and oxygen atoms in total. The van der Waals surface area contributed by atoms with Gasteiger partial charge in [0.2, 0.25) is 0 Å². The summed E-state index contributed by atoms with van der Waals surface area (Å²) in [5.41, 5.74) is 15.0. The minimum atomic E-state index is -2.84. The molecule has 266 valence electrons. The van der Waals surface area contributed by atoms with Crippen LogP contribution < -0.4 is 24.8 Å². The molecule has 7 rings (SSSR count). The number of benzene rings is 2. The summed E-state index contributed by atoms with van der Waals surface area (Å²) in [6.07, 6.45) is 12.3.